The number of carbonyl (C=O) groups excluding carboxylic acids is 2. The Labute approximate surface area is 101 Å². The molecule has 0 aliphatic heterocycles. The Kier molecular flexibility index (Phi) is 4.07. The normalized spacial score (nSPS) is 9.93. The van der Waals surface area contributed by atoms with Crippen molar-refractivity contribution in [3.63, 3.8) is 0 Å². The summed E-state index contributed by atoms with van der Waals surface area (Å²) in [5.74, 6) is -0.204. The number of halogens is 2. The van der Waals surface area contributed by atoms with Crippen LogP contribution in [0.15, 0.2) is 12.1 Å². The van der Waals surface area contributed by atoms with Crippen molar-refractivity contribution in [2.45, 2.75) is 6.92 Å². The molecule has 0 radical (unpaired) electrons. The van der Waals surface area contributed by atoms with Gasteiger partial charge in [0.1, 0.15) is 6.29 Å². The number of hydrogen-bond donors (Lipinski definition) is 0. The van der Waals surface area contributed by atoms with E-state index in [0.29, 0.717) is 16.7 Å². The maximum atomic E-state index is 11.4. The maximum Gasteiger partial charge on any atom is 0.177 e. The summed E-state index contributed by atoms with van der Waals surface area (Å²) in [4.78, 5) is 22.1. The molecule has 0 fully saturated rings. The molecule has 4 heteroatoms. The van der Waals surface area contributed by atoms with Crippen molar-refractivity contribution in [1.29, 1.82) is 0 Å². The highest BCUT2D eigenvalue weighted by atomic mass is 127. The molecule has 74 valence electrons. The predicted octanol–water partition coefficient (Wildman–Crippen LogP) is 2.83. The smallest absolute Gasteiger partial charge is 0.177 e. The van der Waals surface area contributed by atoms with Crippen LogP contribution in [-0.2, 0) is 0 Å². The fourth-order valence-electron chi connectivity index (χ4n) is 1.18. The second kappa shape index (κ2) is 4.89. The van der Waals surface area contributed by atoms with E-state index in [2.05, 4.69) is 22.6 Å². The standard InChI is InChI=1S/C10H8ClIO2/c1-6-7(5-13)2-8(12)3-9(6)10(14)4-11/h2-3,5H,4H2,1H3. The van der Waals surface area contributed by atoms with E-state index in [1.165, 1.54) is 0 Å². The van der Waals surface area contributed by atoms with Gasteiger partial charge >= 0.3 is 0 Å². The first-order chi connectivity index (χ1) is 6.60. The first-order valence-corrected chi connectivity index (χ1v) is 5.56. The number of Topliss-reactive ketones (excluding diaryl/α,β-unsaturated/α-hetero) is 1. The van der Waals surface area contributed by atoms with Crippen molar-refractivity contribution in [2.24, 2.45) is 0 Å². The average molecular weight is 323 g/mol. The molecule has 1 aromatic carbocycles. The summed E-state index contributed by atoms with van der Waals surface area (Å²) < 4.78 is 0.865. The van der Waals surface area contributed by atoms with Gasteiger partial charge in [0.25, 0.3) is 0 Å². The van der Waals surface area contributed by atoms with E-state index >= 15 is 0 Å². The van der Waals surface area contributed by atoms with Gasteiger partial charge in [0, 0.05) is 14.7 Å². The van der Waals surface area contributed by atoms with Crippen molar-refractivity contribution >= 4 is 46.3 Å². The van der Waals surface area contributed by atoms with E-state index in [9.17, 15) is 9.59 Å². The zero-order chi connectivity index (χ0) is 10.7. The molecule has 14 heavy (non-hydrogen) atoms. The summed E-state index contributed by atoms with van der Waals surface area (Å²) in [6, 6.07) is 3.49. The minimum Gasteiger partial charge on any atom is -0.298 e. The number of hydrogen-bond acceptors (Lipinski definition) is 2. The third-order valence-electron chi connectivity index (χ3n) is 1.96. The fourth-order valence-corrected chi connectivity index (χ4v) is 1.98. The summed E-state index contributed by atoms with van der Waals surface area (Å²) in [5.41, 5.74) is 1.78. The largest absolute Gasteiger partial charge is 0.298 e. The second-order valence-corrected chi connectivity index (χ2v) is 4.36. The highest BCUT2D eigenvalue weighted by Crippen LogP contribution is 2.18. The van der Waals surface area contributed by atoms with Crippen LogP contribution in [-0.4, -0.2) is 17.9 Å². The summed E-state index contributed by atoms with van der Waals surface area (Å²) in [5, 5.41) is 0. The van der Waals surface area contributed by atoms with Gasteiger partial charge in [-0.25, -0.2) is 0 Å². The molecule has 1 aromatic rings. The first kappa shape index (κ1) is 11.7. The number of alkyl halides is 1. The van der Waals surface area contributed by atoms with Crippen LogP contribution in [0.25, 0.3) is 0 Å². The van der Waals surface area contributed by atoms with Crippen LogP contribution in [0.2, 0.25) is 0 Å². The van der Waals surface area contributed by atoms with Crippen LogP contribution in [0.1, 0.15) is 26.3 Å². The maximum absolute atomic E-state index is 11.4. The minimum atomic E-state index is -0.147. The van der Waals surface area contributed by atoms with Crippen LogP contribution in [0.3, 0.4) is 0 Å². The van der Waals surface area contributed by atoms with Crippen LogP contribution in [0.4, 0.5) is 0 Å². The molecule has 0 unspecified atom stereocenters. The van der Waals surface area contributed by atoms with Crippen LogP contribution in [0.5, 0.6) is 0 Å². The summed E-state index contributed by atoms with van der Waals surface area (Å²) in [6.45, 7) is 1.75. The highest BCUT2D eigenvalue weighted by Gasteiger charge is 2.11. The summed E-state index contributed by atoms with van der Waals surface area (Å²) in [6.07, 6.45) is 0.752. The molecule has 1 rings (SSSR count). The van der Waals surface area contributed by atoms with E-state index < -0.39 is 0 Å². The molecule has 0 aliphatic carbocycles. The molecule has 0 atom stereocenters. The van der Waals surface area contributed by atoms with E-state index in [4.69, 9.17) is 11.6 Å². The van der Waals surface area contributed by atoms with Crippen molar-refractivity contribution in [2.75, 3.05) is 5.88 Å². The Morgan fingerprint density at radius 2 is 2.21 bits per heavy atom. The van der Waals surface area contributed by atoms with Gasteiger partial charge in [-0.3, -0.25) is 9.59 Å². The van der Waals surface area contributed by atoms with E-state index in [1.807, 2.05) is 0 Å². The van der Waals surface area contributed by atoms with Gasteiger partial charge < -0.3 is 0 Å². The number of aldehydes is 1. The van der Waals surface area contributed by atoms with Gasteiger partial charge in [0.05, 0.1) is 5.88 Å². The number of ketones is 1. The monoisotopic (exact) mass is 322 g/mol. The van der Waals surface area contributed by atoms with Crippen molar-refractivity contribution in [1.82, 2.24) is 0 Å². The number of rotatable bonds is 3. The summed E-state index contributed by atoms with van der Waals surface area (Å²) in [7, 11) is 0. The molecule has 0 saturated heterocycles. The van der Waals surface area contributed by atoms with Crippen LogP contribution >= 0.6 is 34.2 Å². The average Bonchev–Trinajstić information content (AvgIpc) is 2.19. The predicted molar refractivity (Wildman–Crippen MR) is 64.3 cm³/mol. The summed E-state index contributed by atoms with van der Waals surface area (Å²) >= 11 is 7.53. The van der Waals surface area contributed by atoms with Gasteiger partial charge in [0.15, 0.2) is 5.78 Å². The van der Waals surface area contributed by atoms with Crippen molar-refractivity contribution in [3.8, 4) is 0 Å². The first-order valence-electron chi connectivity index (χ1n) is 3.94. The second-order valence-electron chi connectivity index (χ2n) is 2.84. The van der Waals surface area contributed by atoms with E-state index in [1.54, 1.807) is 19.1 Å². The third kappa shape index (κ3) is 2.33. The molecule has 0 aromatic heterocycles. The lowest BCUT2D eigenvalue weighted by molar-refractivity contribution is 0.102. The molecule has 0 heterocycles. The number of carbonyl (C=O) groups is 2. The number of benzene rings is 1. The molecule has 2 nitrogen and oxygen atoms in total. The molecule has 0 spiro atoms. The Bertz CT molecular complexity index is 388. The topological polar surface area (TPSA) is 34.1 Å². The fraction of sp³-hybridized carbons (Fsp3) is 0.200. The van der Waals surface area contributed by atoms with Gasteiger partial charge in [-0.1, -0.05) is 0 Å². The van der Waals surface area contributed by atoms with Gasteiger partial charge in [-0.05, 0) is 47.2 Å². The van der Waals surface area contributed by atoms with Crippen molar-refractivity contribution in [3.05, 3.63) is 32.4 Å². The van der Waals surface area contributed by atoms with Gasteiger partial charge in [-0.15, -0.1) is 11.6 Å². The van der Waals surface area contributed by atoms with Gasteiger partial charge in [0.2, 0.25) is 0 Å². The van der Waals surface area contributed by atoms with Gasteiger partial charge in [-0.2, -0.15) is 0 Å². The Balaban J connectivity index is 3.36. The Morgan fingerprint density at radius 3 is 2.71 bits per heavy atom. The SMILES string of the molecule is Cc1c(C=O)cc(I)cc1C(=O)CCl. The zero-order valence-corrected chi connectivity index (χ0v) is 10.4. The quantitative estimate of drug-likeness (QED) is 0.371. The van der Waals surface area contributed by atoms with Crippen LogP contribution in [0, 0.1) is 10.5 Å². The van der Waals surface area contributed by atoms with Crippen molar-refractivity contribution < 1.29 is 9.59 Å². The molecular formula is C10H8ClIO2. The Morgan fingerprint density at radius 1 is 1.57 bits per heavy atom. The molecule has 0 bridgehead atoms. The minimum absolute atomic E-state index is 0.0563. The molecule has 0 aliphatic rings. The van der Waals surface area contributed by atoms with Crippen LogP contribution < -0.4 is 0 Å². The zero-order valence-electron chi connectivity index (χ0n) is 7.51. The molecule has 0 amide bonds. The third-order valence-corrected chi connectivity index (χ3v) is 2.83. The van der Waals surface area contributed by atoms with E-state index in [0.717, 1.165) is 9.86 Å². The lowest BCUT2D eigenvalue weighted by atomic mass is 10.0. The molecule has 0 N–H and O–H groups in total. The lowest BCUT2D eigenvalue weighted by Gasteiger charge is -2.06. The molecule has 0 saturated carbocycles. The van der Waals surface area contributed by atoms with E-state index in [-0.39, 0.29) is 11.7 Å². The molecular weight excluding hydrogens is 314 g/mol. The lowest BCUT2D eigenvalue weighted by Crippen LogP contribution is -2.06. The highest BCUT2D eigenvalue weighted by molar-refractivity contribution is 14.1. The Hall–Kier alpha value is -0.420.